The lowest BCUT2D eigenvalue weighted by Gasteiger charge is -2.18. The van der Waals surface area contributed by atoms with Gasteiger partial charge in [0, 0.05) is 16.9 Å². The van der Waals surface area contributed by atoms with Crippen molar-refractivity contribution >= 4 is 15.9 Å². The Labute approximate surface area is 118 Å². The lowest BCUT2D eigenvalue weighted by Crippen LogP contribution is -2.22. The molecule has 18 heavy (non-hydrogen) atoms. The van der Waals surface area contributed by atoms with E-state index < -0.39 is 0 Å². The Morgan fingerprint density at radius 1 is 1.44 bits per heavy atom. The first-order valence-electron chi connectivity index (χ1n) is 6.19. The van der Waals surface area contributed by atoms with Crippen LogP contribution in [0.15, 0.2) is 22.7 Å². The van der Waals surface area contributed by atoms with Gasteiger partial charge in [0.25, 0.3) is 0 Å². The van der Waals surface area contributed by atoms with Crippen molar-refractivity contribution in [3.63, 3.8) is 0 Å². The predicted octanol–water partition coefficient (Wildman–Crippen LogP) is 3.91. The molecule has 1 aromatic rings. The Morgan fingerprint density at radius 3 is 2.83 bits per heavy atom. The zero-order valence-electron chi connectivity index (χ0n) is 11.2. The number of hydrogen-bond donors (Lipinski definition) is 1. The van der Waals surface area contributed by atoms with Crippen LogP contribution in [0.5, 0.6) is 5.75 Å². The summed E-state index contributed by atoms with van der Waals surface area (Å²) in [6.07, 6.45) is 1.92. The van der Waals surface area contributed by atoms with Gasteiger partial charge in [-0.3, -0.25) is 0 Å². The number of rotatable bonds is 6. The maximum absolute atomic E-state index is 5.28. The zero-order chi connectivity index (χ0) is 13.4. The van der Waals surface area contributed by atoms with E-state index in [2.05, 4.69) is 46.1 Å². The Balaban J connectivity index is 2.96. The standard InChI is InChI=1S/C15H20BrNO/c1-4-6-7-15(17-10-5-2)13-11-12(18-3)8-9-14(13)16/h8-9,11,15,17H,5,7,10H2,1-3H3. The van der Waals surface area contributed by atoms with E-state index in [1.807, 2.05) is 19.1 Å². The van der Waals surface area contributed by atoms with Crippen molar-refractivity contribution in [1.82, 2.24) is 5.32 Å². The Bertz CT molecular complexity index is 434. The van der Waals surface area contributed by atoms with Gasteiger partial charge < -0.3 is 10.1 Å². The van der Waals surface area contributed by atoms with Crippen molar-refractivity contribution in [2.45, 2.75) is 32.7 Å². The Kier molecular flexibility index (Phi) is 6.85. The zero-order valence-corrected chi connectivity index (χ0v) is 12.8. The third-order valence-electron chi connectivity index (χ3n) is 2.70. The van der Waals surface area contributed by atoms with Crippen LogP contribution in [0.2, 0.25) is 0 Å². The van der Waals surface area contributed by atoms with Gasteiger partial charge in [0.05, 0.1) is 7.11 Å². The number of nitrogens with one attached hydrogen (secondary N) is 1. The summed E-state index contributed by atoms with van der Waals surface area (Å²) in [6, 6.07) is 6.28. The van der Waals surface area contributed by atoms with E-state index in [4.69, 9.17) is 4.74 Å². The first-order valence-corrected chi connectivity index (χ1v) is 6.98. The van der Waals surface area contributed by atoms with E-state index in [1.165, 1.54) is 5.56 Å². The molecule has 0 radical (unpaired) electrons. The van der Waals surface area contributed by atoms with E-state index >= 15 is 0 Å². The molecule has 0 fully saturated rings. The SMILES string of the molecule is CC#CCC(NCCC)c1cc(OC)ccc1Br. The van der Waals surface area contributed by atoms with Gasteiger partial charge in [-0.2, -0.15) is 0 Å². The molecule has 0 saturated heterocycles. The summed E-state index contributed by atoms with van der Waals surface area (Å²) in [5, 5.41) is 3.52. The highest BCUT2D eigenvalue weighted by atomic mass is 79.9. The van der Waals surface area contributed by atoms with E-state index in [-0.39, 0.29) is 6.04 Å². The molecule has 1 rings (SSSR count). The smallest absolute Gasteiger partial charge is 0.119 e. The third kappa shape index (κ3) is 4.36. The summed E-state index contributed by atoms with van der Waals surface area (Å²) in [7, 11) is 1.69. The van der Waals surface area contributed by atoms with Crippen LogP contribution in [0.25, 0.3) is 0 Å². The van der Waals surface area contributed by atoms with Crippen LogP contribution in [-0.2, 0) is 0 Å². The van der Waals surface area contributed by atoms with Gasteiger partial charge in [0.15, 0.2) is 0 Å². The van der Waals surface area contributed by atoms with Crippen molar-refractivity contribution in [3.8, 4) is 17.6 Å². The topological polar surface area (TPSA) is 21.3 Å². The van der Waals surface area contributed by atoms with Crippen LogP contribution in [-0.4, -0.2) is 13.7 Å². The predicted molar refractivity (Wildman–Crippen MR) is 79.8 cm³/mol. The molecule has 0 heterocycles. The molecule has 1 unspecified atom stereocenters. The molecular weight excluding hydrogens is 290 g/mol. The molecule has 0 saturated carbocycles. The number of benzene rings is 1. The van der Waals surface area contributed by atoms with Crippen molar-refractivity contribution in [2.75, 3.05) is 13.7 Å². The molecule has 3 heteroatoms. The maximum Gasteiger partial charge on any atom is 0.119 e. The molecule has 98 valence electrons. The molecule has 0 bridgehead atoms. The summed E-state index contributed by atoms with van der Waals surface area (Å²) >= 11 is 3.60. The highest BCUT2D eigenvalue weighted by Crippen LogP contribution is 2.29. The minimum Gasteiger partial charge on any atom is -0.497 e. The lowest BCUT2D eigenvalue weighted by atomic mass is 10.0. The van der Waals surface area contributed by atoms with Crippen LogP contribution in [0.1, 0.15) is 38.3 Å². The molecule has 0 amide bonds. The average Bonchev–Trinajstić information content (AvgIpc) is 2.40. The second-order valence-corrected chi connectivity index (χ2v) is 4.88. The molecular formula is C15H20BrNO. The monoisotopic (exact) mass is 309 g/mol. The van der Waals surface area contributed by atoms with Gasteiger partial charge in [-0.15, -0.1) is 11.8 Å². The minimum absolute atomic E-state index is 0.238. The second kappa shape index (κ2) is 8.18. The number of halogens is 1. The summed E-state index contributed by atoms with van der Waals surface area (Å²) in [6.45, 7) is 5.02. The van der Waals surface area contributed by atoms with Crippen LogP contribution in [0.3, 0.4) is 0 Å². The molecule has 0 aliphatic rings. The molecule has 1 aromatic carbocycles. The number of ether oxygens (including phenoxy) is 1. The van der Waals surface area contributed by atoms with E-state index in [1.54, 1.807) is 7.11 Å². The molecule has 2 nitrogen and oxygen atoms in total. The van der Waals surface area contributed by atoms with Gasteiger partial charge >= 0.3 is 0 Å². The van der Waals surface area contributed by atoms with E-state index in [0.717, 1.165) is 29.6 Å². The Morgan fingerprint density at radius 2 is 2.22 bits per heavy atom. The normalized spacial score (nSPS) is 11.6. The Hall–Kier alpha value is -0.980. The van der Waals surface area contributed by atoms with Crippen molar-refractivity contribution in [2.24, 2.45) is 0 Å². The van der Waals surface area contributed by atoms with Crippen LogP contribution < -0.4 is 10.1 Å². The van der Waals surface area contributed by atoms with Crippen LogP contribution in [0, 0.1) is 11.8 Å². The van der Waals surface area contributed by atoms with Crippen molar-refractivity contribution in [3.05, 3.63) is 28.2 Å². The van der Waals surface area contributed by atoms with Gasteiger partial charge in [-0.25, -0.2) is 0 Å². The second-order valence-electron chi connectivity index (χ2n) is 4.03. The van der Waals surface area contributed by atoms with Gasteiger partial charge in [-0.1, -0.05) is 22.9 Å². The summed E-state index contributed by atoms with van der Waals surface area (Å²) in [5.41, 5.74) is 1.20. The quantitative estimate of drug-likeness (QED) is 0.804. The third-order valence-corrected chi connectivity index (χ3v) is 3.42. The lowest BCUT2D eigenvalue weighted by molar-refractivity contribution is 0.412. The van der Waals surface area contributed by atoms with Crippen LogP contribution >= 0.6 is 15.9 Å². The van der Waals surface area contributed by atoms with E-state index in [9.17, 15) is 0 Å². The fourth-order valence-corrected chi connectivity index (χ4v) is 2.25. The first-order chi connectivity index (χ1) is 8.72. The van der Waals surface area contributed by atoms with Crippen molar-refractivity contribution in [1.29, 1.82) is 0 Å². The maximum atomic E-state index is 5.28. The molecule has 0 spiro atoms. The molecule has 0 aliphatic heterocycles. The number of methoxy groups -OCH3 is 1. The molecule has 0 aliphatic carbocycles. The fraction of sp³-hybridized carbons (Fsp3) is 0.467. The van der Waals surface area contributed by atoms with Gasteiger partial charge in [-0.05, 0) is 43.7 Å². The number of hydrogen-bond acceptors (Lipinski definition) is 2. The average molecular weight is 310 g/mol. The van der Waals surface area contributed by atoms with Gasteiger partial charge in [0.1, 0.15) is 5.75 Å². The minimum atomic E-state index is 0.238. The molecule has 0 aromatic heterocycles. The molecule has 1 atom stereocenters. The largest absolute Gasteiger partial charge is 0.497 e. The summed E-state index contributed by atoms with van der Waals surface area (Å²) in [5.74, 6) is 6.98. The molecule has 1 N–H and O–H groups in total. The van der Waals surface area contributed by atoms with Crippen molar-refractivity contribution < 1.29 is 4.74 Å². The summed E-state index contributed by atoms with van der Waals surface area (Å²) < 4.78 is 6.38. The first kappa shape index (κ1) is 15.1. The summed E-state index contributed by atoms with van der Waals surface area (Å²) in [4.78, 5) is 0. The highest BCUT2D eigenvalue weighted by Gasteiger charge is 2.13. The van der Waals surface area contributed by atoms with Crippen LogP contribution in [0.4, 0.5) is 0 Å². The fourth-order valence-electron chi connectivity index (χ4n) is 1.73. The van der Waals surface area contributed by atoms with E-state index in [0.29, 0.717) is 0 Å². The highest BCUT2D eigenvalue weighted by molar-refractivity contribution is 9.10. The van der Waals surface area contributed by atoms with Gasteiger partial charge in [0.2, 0.25) is 0 Å².